The van der Waals surface area contributed by atoms with E-state index in [4.69, 9.17) is 4.74 Å². The van der Waals surface area contributed by atoms with Crippen molar-refractivity contribution < 1.29 is 22.7 Å². The van der Waals surface area contributed by atoms with Crippen LogP contribution in [0, 0.1) is 19.3 Å². The lowest BCUT2D eigenvalue weighted by molar-refractivity contribution is -0.117. The SMILES string of the molecule is Cc1cccc(C)c1-c1cc2nc(n1)NS(=O)(=O)c1cccc(c1)C(=O)N(Cc1ccc(N3CCCC3=O)cn1)[C@H](CC(C)(C)C)CO2. The van der Waals surface area contributed by atoms with Crippen molar-refractivity contribution in [1.29, 1.82) is 0 Å². The molecule has 250 valence electrons. The van der Waals surface area contributed by atoms with Gasteiger partial charge in [-0.1, -0.05) is 45.0 Å². The molecule has 4 bridgehead atoms. The predicted octanol–water partition coefficient (Wildman–Crippen LogP) is 5.92. The van der Waals surface area contributed by atoms with Crippen molar-refractivity contribution in [2.24, 2.45) is 5.41 Å². The van der Waals surface area contributed by atoms with Gasteiger partial charge >= 0.3 is 0 Å². The maximum Gasteiger partial charge on any atom is 0.264 e. The first-order valence-corrected chi connectivity index (χ1v) is 17.5. The van der Waals surface area contributed by atoms with E-state index in [0.717, 1.165) is 28.8 Å². The van der Waals surface area contributed by atoms with Crippen LogP contribution in [0.15, 0.2) is 71.8 Å². The number of pyridine rings is 1. The van der Waals surface area contributed by atoms with Crippen LogP contribution in [0.5, 0.6) is 5.88 Å². The van der Waals surface area contributed by atoms with E-state index in [1.54, 1.807) is 34.2 Å². The summed E-state index contributed by atoms with van der Waals surface area (Å²) < 4.78 is 36.2. The molecular formula is C36H40N6O5S. The van der Waals surface area contributed by atoms with Crippen molar-refractivity contribution in [3.63, 3.8) is 0 Å². The number of hydrogen-bond donors (Lipinski definition) is 1. The summed E-state index contributed by atoms with van der Waals surface area (Å²) in [5, 5.41) is 0. The van der Waals surface area contributed by atoms with Crippen LogP contribution in [0.4, 0.5) is 11.6 Å². The minimum Gasteiger partial charge on any atom is -0.475 e. The molecule has 0 radical (unpaired) electrons. The molecule has 1 saturated heterocycles. The van der Waals surface area contributed by atoms with Crippen molar-refractivity contribution in [3.05, 3.63) is 89.2 Å². The number of amides is 2. The molecule has 12 heteroatoms. The van der Waals surface area contributed by atoms with E-state index < -0.39 is 16.1 Å². The summed E-state index contributed by atoms with van der Waals surface area (Å²) >= 11 is 0. The fourth-order valence-electron chi connectivity index (χ4n) is 6.31. The van der Waals surface area contributed by atoms with Crippen LogP contribution in [0.25, 0.3) is 11.3 Å². The van der Waals surface area contributed by atoms with Gasteiger partial charge in [0.25, 0.3) is 15.9 Å². The molecule has 11 nitrogen and oxygen atoms in total. The van der Waals surface area contributed by atoms with Crippen LogP contribution >= 0.6 is 0 Å². The summed E-state index contributed by atoms with van der Waals surface area (Å²) in [4.78, 5) is 43.7. The highest BCUT2D eigenvalue weighted by atomic mass is 32.2. The molecule has 2 aliphatic heterocycles. The number of fused-ring (bicyclic) bond motifs is 4. The molecule has 1 N–H and O–H groups in total. The molecule has 1 atom stereocenters. The fraction of sp³-hybridized carbons (Fsp3) is 0.361. The number of nitrogens with one attached hydrogen (secondary N) is 1. The normalized spacial score (nSPS) is 18.0. The molecule has 0 spiro atoms. The number of carbonyl (C=O) groups is 2. The Hall–Kier alpha value is -4.84. The minimum atomic E-state index is -4.18. The van der Waals surface area contributed by atoms with Crippen molar-refractivity contribution in [1.82, 2.24) is 19.9 Å². The third kappa shape index (κ3) is 7.18. The summed E-state index contributed by atoms with van der Waals surface area (Å²) in [6.45, 7) is 11.1. The van der Waals surface area contributed by atoms with Gasteiger partial charge in [0, 0.05) is 30.2 Å². The number of rotatable bonds is 5. The Balaban J connectivity index is 1.45. The molecule has 0 unspecified atom stereocenters. The van der Waals surface area contributed by atoms with Crippen molar-refractivity contribution in [2.45, 2.75) is 71.4 Å². The molecule has 0 aliphatic carbocycles. The highest BCUT2D eigenvalue weighted by Gasteiger charge is 2.32. The fourth-order valence-corrected chi connectivity index (χ4v) is 7.30. The maximum absolute atomic E-state index is 14.4. The molecule has 1 fully saturated rings. The summed E-state index contributed by atoms with van der Waals surface area (Å²) in [5.41, 5.74) is 4.64. The molecule has 4 aromatic rings. The molecule has 4 heterocycles. The molecule has 2 aromatic carbocycles. The van der Waals surface area contributed by atoms with Gasteiger partial charge in [0.15, 0.2) is 0 Å². The zero-order valence-corrected chi connectivity index (χ0v) is 28.7. The largest absolute Gasteiger partial charge is 0.475 e. The molecular weight excluding hydrogens is 629 g/mol. The number of carbonyl (C=O) groups excluding carboxylic acids is 2. The first-order valence-electron chi connectivity index (χ1n) is 16.0. The van der Waals surface area contributed by atoms with Gasteiger partial charge in [-0.2, -0.15) is 4.98 Å². The number of hydrogen-bond acceptors (Lipinski definition) is 8. The number of nitrogens with zero attached hydrogens (tertiary/aromatic N) is 5. The third-order valence-corrected chi connectivity index (χ3v) is 9.88. The van der Waals surface area contributed by atoms with Crippen LogP contribution < -0.4 is 14.4 Å². The second kappa shape index (κ2) is 13.0. The topological polar surface area (TPSA) is 135 Å². The van der Waals surface area contributed by atoms with Gasteiger partial charge in [-0.3, -0.25) is 14.6 Å². The number of ether oxygens (including phenoxy) is 1. The Morgan fingerprint density at radius 1 is 0.979 bits per heavy atom. The average molecular weight is 669 g/mol. The van der Waals surface area contributed by atoms with Crippen molar-refractivity contribution in [3.8, 4) is 17.1 Å². The lowest BCUT2D eigenvalue weighted by atomic mass is 9.87. The Bertz CT molecular complexity index is 1950. The van der Waals surface area contributed by atoms with Crippen LogP contribution in [-0.4, -0.2) is 59.3 Å². The van der Waals surface area contributed by atoms with Gasteiger partial charge in [0.05, 0.1) is 40.8 Å². The second-order valence-electron chi connectivity index (χ2n) is 13.6. The van der Waals surface area contributed by atoms with Gasteiger partial charge in [-0.15, -0.1) is 0 Å². The molecule has 2 aromatic heterocycles. The van der Waals surface area contributed by atoms with Gasteiger partial charge in [-0.05, 0) is 73.6 Å². The third-order valence-electron chi connectivity index (χ3n) is 8.56. The Morgan fingerprint density at radius 2 is 1.73 bits per heavy atom. The zero-order chi connectivity index (χ0) is 34.2. The maximum atomic E-state index is 14.4. The number of aryl methyl sites for hydroxylation is 2. The summed E-state index contributed by atoms with van der Waals surface area (Å²) in [5.74, 6) is -0.251. The smallest absolute Gasteiger partial charge is 0.264 e. The van der Waals surface area contributed by atoms with E-state index in [2.05, 4.69) is 40.4 Å². The minimum absolute atomic E-state index is 0.0686. The highest BCUT2D eigenvalue weighted by molar-refractivity contribution is 7.92. The van der Waals surface area contributed by atoms with Gasteiger partial charge in [0.2, 0.25) is 17.7 Å². The van der Waals surface area contributed by atoms with Crippen molar-refractivity contribution in [2.75, 3.05) is 22.8 Å². The van der Waals surface area contributed by atoms with Gasteiger partial charge in [0.1, 0.15) is 6.61 Å². The number of anilines is 2. The van der Waals surface area contributed by atoms with E-state index in [9.17, 15) is 18.0 Å². The van der Waals surface area contributed by atoms with E-state index in [1.165, 1.54) is 12.1 Å². The molecule has 2 aliphatic rings. The Morgan fingerprint density at radius 3 is 2.40 bits per heavy atom. The molecule has 0 saturated carbocycles. The highest BCUT2D eigenvalue weighted by Crippen LogP contribution is 2.32. The first kappa shape index (κ1) is 33.1. The van der Waals surface area contributed by atoms with E-state index in [1.807, 2.05) is 44.2 Å². The van der Waals surface area contributed by atoms with E-state index in [-0.39, 0.29) is 52.7 Å². The Labute approximate surface area is 281 Å². The number of sulfonamides is 1. The number of benzene rings is 2. The summed E-state index contributed by atoms with van der Waals surface area (Å²) in [7, 11) is -4.18. The molecule has 6 rings (SSSR count). The lowest BCUT2D eigenvalue weighted by Crippen LogP contribution is -2.45. The lowest BCUT2D eigenvalue weighted by Gasteiger charge is -2.35. The summed E-state index contributed by atoms with van der Waals surface area (Å²) in [6, 6.07) is 16.8. The number of aromatic nitrogens is 3. The van der Waals surface area contributed by atoms with Gasteiger partial charge in [-0.25, -0.2) is 18.1 Å². The van der Waals surface area contributed by atoms with Gasteiger partial charge < -0.3 is 14.5 Å². The second-order valence-corrected chi connectivity index (χ2v) is 15.3. The zero-order valence-electron chi connectivity index (χ0n) is 27.9. The van der Waals surface area contributed by atoms with E-state index in [0.29, 0.717) is 30.8 Å². The van der Waals surface area contributed by atoms with Crippen LogP contribution in [0.2, 0.25) is 0 Å². The molecule has 48 heavy (non-hydrogen) atoms. The van der Waals surface area contributed by atoms with E-state index >= 15 is 0 Å². The van der Waals surface area contributed by atoms with Crippen LogP contribution in [0.3, 0.4) is 0 Å². The summed E-state index contributed by atoms with van der Waals surface area (Å²) in [6.07, 6.45) is 3.55. The first-order chi connectivity index (χ1) is 22.8. The Kier molecular flexibility index (Phi) is 8.95. The monoisotopic (exact) mass is 668 g/mol. The average Bonchev–Trinajstić information content (AvgIpc) is 3.46. The standard InChI is InChI=1S/C36H40N6O5S/c1-23-9-6-10-24(2)33(23)30-18-31-39-35(38-30)40-48(45,46)29-12-7-11-25(17-29)34(44)42(28(22-47-31)19-36(3,4)5)21-26-14-15-27(20-37-26)41-16-8-13-32(41)43/h6-7,9-12,14-15,17-18,20,28H,8,13,16,19,21-22H2,1-5H3,(H,38,39,40)/t28-/m1/s1. The van der Waals surface area contributed by atoms with Crippen LogP contribution in [-0.2, 0) is 21.4 Å². The quantitative estimate of drug-likeness (QED) is 0.277. The van der Waals surface area contributed by atoms with Crippen molar-refractivity contribution >= 4 is 33.5 Å². The predicted molar refractivity (Wildman–Crippen MR) is 183 cm³/mol. The molecule has 2 amide bonds. The van der Waals surface area contributed by atoms with Crippen LogP contribution in [0.1, 0.15) is 67.2 Å².